The molecule has 0 radical (unpaired) electrons. The van der Waals surface area contributed by atoms with Gasteiger partial charge in [-0.05, 0) is 48.5 Å². The van der Waals surface area contributed by atoms with Gasteiger partial charge in [0, 0.05) is 0 Å². The number of benzene rings is 3. The Labute approximate surface area is 150 Å². The minimum atomic E-state index is -4.08. The zero-order valence-electron chi connectivity index (χ0n) is 13.5. The van der Waals surface area contributed by atoms with Crippen molar-refractivity contribution in [2.24, 2.45) is 0 Å². The van der Waals surface area contributed by atoms with Crippen molar-refractivity contribution in [3.05, 3.63) is 90.5 Å². The van der Waals surface area contributed by atoms with Gasteiger partial charge in [-0.25, -0.2) is 4.79 Å². The molecule has 0 saturated carbocycles. The average Bonchev–Trinajstić information content (AvgIpc) is 2.67. The second-order valence-electron chi connectivity index (χ2n) is 5.30. The summed E-state index contributed by atoms with van der Waals surface area (Å²) in [6.45, 7) is 0. The van der Waals surface area contributed by atoms with E-state index in [0.29, 0.717) is 11.4 Å². The van der Waals surface area contributed by atoms with Gasteiger partial charge in [-0.3, -0.25) is 0 Å². The summed E-state index contributed by atoms with van der Waals surface area (Å²) in [5.74, 6) is -0.781. The number of hydrogen-bond acceptors (Lipinski definition) is 4. The molecule has 132 valence electrons. The fourth-order valence-corrected chi connectivity index (χ4v) is 3.49. The van der Waals surface area contributed by atoms with Crippen LogP contribution in [0.3, 0.4) is 0 Å². The second-order valence-corrected chi connectivity index (χ2v) is 7.05. The third-order valence-electron chi connectivity index (χ3n) is 3.52. The number of sulfonamides is 1. The molecule has 0 amide bonds. The van der Waals surface area contributed by atoms with Gasteiger partial charge in [-0.15, -0.1) is 0 Å². The minimum Gasteiger partial charge on any atom is -0.478 e. The van der Waals surface area contributed by atoms with E-state index in [2.05, 4.69) is 0 Å². The van der Waals surface area contributed by atoms with Crippen molar-refractivity contribution in [2.75, 3.05) is 4.47 Å². The van der Waals surface area contributed by atoms with Crippen LogP contribution in [0.15, 0.2) is 89.8 Å². The first-order chi connectivity index (χ1) is 12.5. The molecule has 7 heteroatoms. The Morgan fingerprint density at radius 2 is 1.35 bits per heavy atom. The van der Waals surface area contributed by atoms with Gasteiger partial charge in [-0.2, -0.15) is 8.42 Å². The van der Waals surface area contributed by atoms with Crippen LogP contribution in [0.4, 0.5) is 5.69 Å². The summed E-state index contributed by atoms with van der Waals surface area (Å²) in [5.41, 5.74) is 0.317. The number of anilines is 1. The van der Waals surface area contributed by atoms with E-state index in [1.807, 2.05) is 0 Å². The van der Waals surface area contributed by atoms with E-state index < -0.39 is 16.0 Å². The molecule has 0 atom stereocenters. The number of hydrogen-bond donors (Lipinski definition) is 1. The van der Waals surface area contributed by atoms with Crippen LogP contribution in [0.2, 0.25) is 0 Å². The summed E-state index contributed by atoms with van der Waals surface area (Å²) in [6.07, 6.45) is 0. The number of carboxylic acids is 1. The fraction of sp³-hybridized carbons (Fsp3) is 0. The standard InChI is InChI=1S/C19H15NO5S/c21-19(22)15-11-13-18(14-12-15)26(23,24)20(16-7-3-1-4-8-16)25-17-9-5-2-6-10-17/h1-14H,(H,21,22). The number of carboxylic acid groups (broad SMARTS) is 1. The zero-order valence-corrected chi connectivity index (χ0v) is 14.3. The third-order valence-corrected chi connectivity index (χ3v) is 5.11. The lowest BCUT2D eigenvalue weighted by molar-refractivity contribution is 0.0696. The Morgan fingerprint density at radius 1 is 0.808 bits per heavy atom. The Kier molecular flexibility index (Phi) is 4.90. The zero-order chi connectivity index (χ0) is 18.6. The normalized spacial score (nSPS) is 10.9. The highest BCUT2D eigenvalue weighted by atomic mass is 32.2. The summed E-state index contributed by atoms with van der Waals surface area (Å²) in [6, 6.07) is 21.8. The van der Waals surface area contributed by atoms with Crippen LogP contribution in [0, 0.1) is 0 Å². The quantitative estimate of drug-likeness (QED) is 0.672. The smallest absolute Gasteiger partial charge is 0.335 e. The molecule has 0 aliphatic heterocycles. The minimum absolute atomic E-state index is 0.000751. The monoisotopic (exact) mass is 369 g/mol. The number of nitrogens with zero attached hydrogens (tertiary/aromatic N) is 1. The summed E-state index contributed by atoms with van der Waals surface area (Å²) in [4.78, 5) is 16.5. The van der Waals surface area contributed by atoms with E-state index in [1.54, 1.807) is 60.7 Å². The van der Waals surface area contributed by atoms with Crippen molar-refractivity contribution in [1.82, 2.24) is 0 Å². The maximum Gasteiger partial charge on any atom is 0.335 e. The van der Waals surface area contributed by atoms with E-state index in [-0.39, 0.29) is 10.5 Å². The lowest BCUT2D eigenvalue weighted by atomic mass is 10.2. The lowest BCUT2D eigenvalue weighted by Gasteiger charge is -2.23. The predicted molar refractivity (Wildman–Crippen MR) is 96.6 cm³/mol. The Hall–Kier alpha value is -3.32. The molecule has 3 aromatic carbocycles. The van der Waals surface area contributed by atoms with Crippen molar-refractivity contribution in [1.29, 1.82) is 0 Å². The molecule has 0 fully saturated rings. The first-order valence-corrected chi connectivity index (χ1v) is 9.09. The maximum absolute atomic E-state index is 13.1. The van der Waals surface area contributed by atoms with Crippen LogP contribution in [-0.4, -0.2) is 19.5 Å². The molecule has 0 aliphatic carbocycles. The lowest BCUT2D eigenvalue weighted by Crippen LogP contribution is -2.34. The number of carbonyl (C=O) groups is 1. The van der Waals surface area contributed by atoms with Crippen LogP contribution in [0.5, 0.6) is 5.75 Å². The van der Waals surface area contributed by atoms with Gasteiger partial charge in [0.15, 0.2) is 5.75 Å². The Bertz CT molecular complexity index is 987. The molecule has 0 aromatic heterocycles. The molecular formula is C19H15NO5S. The van der Waals surface area contributed by atoms with Gasteiger partial charge < -0.3 is 9.94 Å². The Morgan fingerprint density at radius 3 is 1.88 bits per heavy atom. The number of rotatable bonds is 6. The van der Waals surface area contributed by atoms with Crippen LogP contribution in [0.25, 0.3) is 0 Å². The van der Waals surface area contributed by atoms with Gasteiger partial charge >= 0.3 is 5.97 Å². The largest absolute Gasteiger partial charge is 0.478 e. The molecule has 1 N–H and O–H groups in total. The molecule has 0 saturated heterocycles. The molecule has 0 bridgehead atoms. The molecule has 0 aliphatic rings. The molecular weight excluding hydrogens is 354 g/mol. The van der Waals surface area contributed by atoms with E-state index in [0.717, 1.165) is 4.47 Å². The van der Waals surface area contributed by atoms with Crippen LogP contribution in [-0.2, 0) is 10.0 Å². The van der Waals surface area contributed by atoms with Crippen molar-refractivity contribution in [2.45, 2.75) is 4.90 Å². The van der Waals surface area contributed by atoms with Crippen LogP contribution < -0.4 is 9.31 Å². The molecule has 26 heavy (non-hydrogen) atoms. The van der Waals surface area contributed by atoms with E-state index in [4.69, 9.17) is 9.94 Å². The fourth-order valence-electron chi connectivity index (χ4n) is 2.23. The average molecular weight is 369 g/mol. The van der Waals surface area contributed by atoms with Crippen molar-refractivity contribution in [3.63, 3.8) is 0 Å². The number of para-hydroxylation sites is 2. The predicted octanol–water partition coefficient (Wildman–Crippen LogP) is 3.57. The molecule has 3 aromatic rings. The second kappa shape index (κ2) is 7.28. The van der Waals surface area contributed by atoms with E-state index >= 15 is 0 Å². The van der Waals surface area contributed by atoms with Crippen molar-refractivity contribution < 1.29 is 23.2 Å². The maximum atomic E-state index is 13.1. The molecule has 0 heterocycles. The van der Waals surface area contributed by atoms with Gasteiger partial charge in [0.25, 0.3) is 10.0 Å². The SMILES string of the molecule is O=C(O)c1ccc(S(=O)(=O)N(Oc2ccccc2)c2ccccc2)cc1. The highest BCUT2D eigenvalue weighted by molar-refractivity contribution is 7.92. The highest BCUT2D eigenvalue weighted by Crippen LogP contribution is 2.26. The van der Waals surface area contributed by atoms with Crippen molar-refractivity contribution >= 4 is 21.7 Å². The highest BCUT2D eigenvalue weighted by Gasteiger charge is 2.27. The topological polar surface area (TPSA) is 83.9 Å². The molecule has 3 rings (SSSR count). The van der Waals surface area contributed by atoms with Gasteiger partial charge in [-0.1, -0.05) is 40.9 Å². The summed E-state index contributed by atoms with van der Waals surface area (Å²) >= 11 is 0. The van der Waals surface area contributed by atoms with Gasteiger partial charge in [0.05, 0.1) is 16.1 Å². The Balaban J connectivity index is 2.03. The van der Waals surface area contributed by atoms with Crippen LogP contribution >= 0.6 is 0 Å². The summed E-state index contributed by atoms with van der Waals surface area (Å²) < 4.78 is 27.0. The van der Waals surface area contributed by atoms with Crippen LogP contribution in [0.1, 0.15) is 10.4 Å². The van der Waals surface area contributed by atoms with Crippen molar-refractivity contribution in [3.8, 4) is 5.75 Å². The van der Waals surface area contributed by atoms with Gasteiger partial charge in [0.1, 0.15) is 0 Å². The summed E-state index contributed by atoms with van der Waals surface area (Å²) in [5, 5.41) is 8.98. The van der Waals surface area contributed by atoms with Gasteiger partial charge in [0.2, 0.25) is 0 Å². The summed E-state index contributed by atoms with van der Waals surface area (Å²) in [7, 11) is -4.08. The molecule has 0 unspecified atom stereocenters. The number of aromatic carboxylic acids is 1. The first-order valence-electron chi connectivity index (χ1n) is 7.65. The molecule has 6 nitrogen and oxygen atoms in total. The third kappa shape index (κ3) is 3.68. The van der Waals surface area contributed by atoms with E-state index in [1.165, 1.54) is 24.3 Å². The first kappa shape index (κ1) is 17.5. The van der Waals surface area contributed by atoms with E-state index in [9.17, 15) is 13.2 Å². The molecule has 0 spiro atoms.